The molecule has 126 valence electrons. The van der Waals surface area contributed by atoms with Gasteiger partial charge in [-0.25, -0.2) is 0 Å². The van der Waals surface area contributed by atoms with E-state index in [4.69, 9.17) is 0 Å². The third kappa shape index (κ3) is 4.84. The van der Waals surface area contributed by atoms with Crippen molar-refractivity contribution in [2.75, 3.05) is 23.7 Å². The van der Waals surface area contributed by atoms with Gasteiger partial charge >= 0.3 is 0 Å². The van der Waals surface area contributed by atoms with E-state index in [0.29, 0.717) is 12.1 Å². The van der Waals surface area contributed by atoms with Crippen LogP contribution in [0.2, 0.25) is 0 Å². The minimum atomic E-state index is -0.132. The highest BCUT2D eigenvalue weighted by Gasteiger charge is 2.07. The van der Waals surface area contributed by atoms with Gasteiger partial charge in [-0.2, -0.15) is 0 Å². The van der Waals surface area contributed by atoms with Gasteiger partial charge < -0.3 is 16.0 Å². The van der Waals surface area contributed by atoms with Gasteiger partial charge in [0.25, 0.3) is 5.91 Å². The topological polar surface area (TPSA) is 70.2 Å². The van der Waals surface area contributed by atoms with Crippen molar-refractivity contribution >= 4 is 23.2 Å². The van der Waals surface area contributed by atoms with Gasteiger partial charge in [-0.05, 0) is 56.2 Å². The van der Waals surface area contributed by atoms with Gasteiger partial charge in [0.1, 0.15) is 0 Å². The number of anilines is 2. The van der Waals surface area contributed by atoms with Crippen molar-refractivity contribution in [1.29, 1.82) is 0 Å². The predicted molar refractivity (Wildman–Crippen MR) is 97.5 cm³/mol. The van der Waals surface area contributed by atoms with E-state index in [9.17, 15) is 9.59 Å². The molecule has 5 nitrogen and oxygen atoms in total. The highest BCUT2D eigenvalue weighted by atomic mass is 16.2. The number of benzene rings is 2. The average Bonchev–Trinajstić information content (AvgIpc) is 2.57. The number of carbonyl (C=O) groups is 2. The normalized spacial score (nSPS) is 10.1. The van der Waals surface area contributed by atoms with Gasteiger partial charge in [-0.15, -0.1) is 0 Å². The van der Waals surface area contributed by atoms with Crippen LogP contribution in [-0.4, -0.2) is 24.9 Å². The van der Waals surface area contributed by atoms with E-state index in [2.05, 4.69) is 16.0 Å². The average molecular weight is 325 g/mol. The smallest absolute Gasteiger partial charge is 0.251 e. The third-order valence-electron chi connectivity index (χ3n) is 3.58. The molecule has 0 saturated heterocycles. The number of hydrogen-bond donors (Lipinski definition) is 3. The van der Waals surface area contributed by atoms with Crippen LogP contribution in [-0.2, 0) is 4.79 Å². The Morgan fingerprint density at radius 1 is 1.04 bits per heavy atom. The maximum absolute atomic E-state index is 12.1. The Kier molecular flexibility index (Phi) is 5.95. The van der Waals surface area contributed by atoms with Crippen molar-refractivity contribution in [1.82, 2.24) is 5.32 Å². The highest BCUT2D eigenvalue weighted by molar-refractivity contribution is 5.96. The first kappa shape index (κ1) is 17.5. The quantitative estimate of drug-likeness (QED) is 0.764. The minimum Gasteiger partial charge on any atom is -0.376 e. The molecule has 0 aliphatic heterocycles. The molecular weight excluding hydrogens is 302 g/mol. The van der Waals surface area contributed by atoms with Gasteiger partial charge in [-0.1, -0.05) is 18.2 Å². The minimum absolute atomic E-state index is 0.124. The molecule has 0 aliphatic rings. The van der Waals surface area contributed by atoms with E-state index >= 15 is 0 Å². The summed E-state index contributed by atoms with van der Waals surface area (Å²) in [6.45, 7) is 6.52. The lowest BCUT2D eigenvalue weighted by Crippen LogP contribution is -2.24. The molecule has 0 aromatic heterocycles. The first-order valence-corrected chi connectivity index (χ1v) is 7.99. The summed E-state index contributed by atoms with van der Waals surface area (Å²) >= 11 is 0. The molecule has 2 rings (SSSR count). The summed E-state index contributed by atoms with van der Waals surface area (Å²) in [5.74, 6) is -0.256. The fraction of sp³-hybridized carbons (Fsp3) is 0.263. The molecule has 0 heterocycles. The number of hydrogen-bond acceptors (Lipinski definition) is 3. The molecule has 2 aromatic carbocycles. The van der Waals surface area contributed by atoms with E-state index in [1.165, 1.54) is 0 Å². The van der Waals surface area contributed by atoms with E-state index in [1.54, 1.807) is 18.2 Å². The number of nitrogens with one attached hydrogen (secondary N) is 3. The first-order chi connectivity index (χ1) is 11.5. The fourth-order valence-corrected chi connectivity index (χ4v) is 2.28. The van der Waals surface area contributed by atoms with Crippen molar-refractivity contribution in [3.05, 3.63) is 59.2 Å². The Balaban J connectivity index is 1.95. The zero-order valence-corrected chi connectivity index (χ0v) is 14.3. The SMILES string of the molecule is CCNC(=O)c1cccc(NCC(=O)Nc2cc(C)ccc2C)c1. The second kappa shape index (κ2) is 8.15. The maximum Gasteiger partial charge on any atom is 0.251 e. The molecule has 0 bridgehead atoms. The molecule has 0 spiro atoms. The van der Waals surface area contributed by atoms with Crippen LogP contribution in [0.1, 0.15) is 28.4 Å². The van der Waals surface area contributed by atoms with Gasteiger partial charge in [0.15, 0.2) is 0 Å². The van der Waals surface area contributed by atoms with Gasteiger partial charge in [0, 0.05) is 23.5 Å². The summed E-state index contributed by atoms with van der Waals surface area (Å²) < 4.78 is 0. The van der Waals surface area contributed by atoms with Crippen molar-refractivity contribution < 1.29 is 9.59 Å². The van der Waals surface area contributed by atoms with Gasteiger partial charge in [-0.3, -0.25) is 9.59 Å². The number of rotatable bonds is 6. The van der Waals surface area contributed by atoms with E-state index < -0.39 is 0 Å². The lowest BCUT2D eigenvalue weighted by Gasteiger charge is -2.11. The van der Waals surface area contributed by atoms with Crippen LogP contribution in [0.25, 0.3) is 0 Å². The van der Waals surface area contributed by atoms with Crippen LogP contribution in [0.15, 0.2) is 42.5 Å². The zero-order chi connectivity index (χ0) is 17.5. The fourth-order valence-electron chi connectivity index (χ4n) is 2.28. The zero-order valence-electron chi connectivity index (χ0n) is 14.3. The number of aryl methyl sites for hydroxylation is 2. The number of carbonyl (C=O) groups excluding carboxylic acids is 2. The third-order valence-corrected chi connectivity index (χ3v) is 3.58. The molecule has 0 radical (unpaired) electrons. The standard InChI is InChI=1S/C19H23N3O2/c1-4-20-19(24)15-6-5-7-16(11-15)21-12-18(23)22-17-10-13(2)8-9-14(17)3/h5-11,21H,4,12H2,1-3H3,(H,20,24)(H,22,23). The predicted octanol–water partition coefficient (Wildman–Crippen LogP) is 3.10. The number of amides is 2. The van der Waals surface area contributed by atoms with Crippen molar-refractivity contribution in [3.8, 4) is 0 Å². The van der Waals surface area contributed by atoms with Crippen LogP contribution in [0.4, 0.5) is 11.4 Å². The lowest BCUT2D eigenvalue weighted by atomic mass is 10.1. The molecule has 0 atom stereocenters. The summed E-state index contributed by atoms with van der Waals surface area (Å²) in [5, 5.41) is 8.69. The second-order valence-corrected chi connectivity index (χ2v) is 5.66. The van der Waals surface area contributed by atoms with Gasteiger partial charge in [0.05, 0.1) is 6.54 Å². The highest BCUT2D eigenvalue weighted by Crippen LogP contribution is 2.16. The molecule has 5 heteroatoms. The molecule has 0 fully saturated rings. The summed E-state index contributed by atoms with van der Waals surface area (Å²) in [6.07, 6.45) is 0. The Bertz CT molecular complexity index is 741. The Hall–Kier alpha value is -2.82. The molecule has 0 aliphatic carbocycles. The largest absolute Gasteiger partial charge is 0.376 e. The molecule has 0 saturated carbocycles. The summed E-state index contributed by atoms with van der Waals surface area (Å²) in [6, 6.07) is 13.0. The van der Waals surface area contributed by atoms with Crippen molar-refractivity contribution in [2.45, 2.75) is 20.8 Å². The van der Waals surface area contributed by atoms with Crippen LogP contribution < -0.4 is 16.0 Å². The molecule has 2 amide bonds. The monoisotopic (exact) mass is 325 g/mol. The molecule has 3 N–H and O–H groups in total. The van der Waals surface area contributed by atoms with Crippen LogP contribution in [0.5, 0.6) is 0 Å². The Labute approximate surface area is 142 Å². The molecular formula is C19H23N3O2. The van der Waals surface area contributed by atoms with Gasteiger partial charge in [0.2, 0.25) is 5.91 Å². The summed E-state index contributed by atoms with van der Waals surface area (Å²) in [7, 11) is 0. The van der Waals surface area contributed by atoms with E-state index in [1.807, 2.05) is 45.0 Å². The van der Waals surface area contributed by atoms with Crippen molar-refractivity contribution in [2.24, 2.45) is 0 Å². The van der Waals surface area contributed by atoms with Crippen molar-refractivity contribution in [3.63, 3.8) is 0 Å². The van der Waals surface area contributed by atoms with Crippen LogP contribution >= 0.6 is 0 Å². The Morgan fingerprint density at radius 2 is 1.83 bits per heavy atom. The maximum atomic E-state index is 12.1. The van der Waals surface area contributed by atoms with Crippen LogP contribution in [0.3, 0.4) is 0 Å². The molecule has 24 heavy (non-hydrogen) atoms. The van der Waals surface area contributed by atoms with E-state index in [-0.39, 0.29) is 18.4 Å². The first-order valence-electron chi connectivity index (χ1n) is 7.99. The lowest BCUT2D eigenvalue weighted by molar-refractivity contribution is -0.114. The summed E-state index contributed by atoms with van der Waals surface area (Å²) in [5.41, 5.74) is 4.23. The molecule has 0 unspecified atom stereocenters. The van der Waals surface area contributed by atoms with E-state index in [0.717, 1.165) is 22.5 Å². The Morgan fingerprint density at radius 3 is 2.58 bits per heavy atom. The second-order valence-electron chi connectivity index (χ2n) is 5.66. The molecule has 2 aromatic rings. The summed E-state index contributed by atoms with van der Waals surface area (Å²) in [4.78, 5) is 23.9. The van der Waals surface area contributed by atoms with Crippen LogP contribution in [0, 0.1) is 13.8 Å².